The number of nitrogens with zero attached hydrogens (tertiary/aromatic N) is 1. The lowest BCUT2D eigenvalue weighted by Gasteiger charge is -2.15. The van der Waals surface area contributed by atoms with Crippen LogP contribution in [0.25, 0.3) is 10.9 Å². The highest BCUT2D eigenvalue weighted by Crippen LogP contribution is 2.24. The van der Waals surface area contributed by atoms with Gasteiger partial charge >= 0.3 is 5.97 Å². The number of H-pyrrole nitrogens is 1. The van der Waals surface area contributed by atoms with Gasteiger partial charge in [-0.05, 0) is 55.3 Å². The maximum Gasteiger partial charge on any atom is 0.309 e. The molecule has 33 heavy (non-hydrogen) atoms. The van der Waals surface area contributed by atoms with Crippen molar-refractivity contribution in [1.29, 1.82) is 0 Å². The Morgan fingerprint density at radius 3 is 2.61 bits per heavy atom. The number of anilines is 1. The molecular formula is C27H29N3O3. The SMILES string of the molecule is COC(=O)C(Cc1ccccc1)Cc1cc2cc(OCC(C)Nc3ccccn3)ccc2[nH]1. The van der Waals surface area contributed by atoms with Crippen molar-refractivity contribution < 1.29 is 14.3 Å². The topological polar surface area (TPSA) is 76.2 Å². The van der Waals surface area contributed by atoms with E-state index in [1.165, 1.54) is 7.11 Å². The Balaban J connectivity index is 1.40. The molecule has 0 radical (unpaired) electrons. The third-order valence-electron chi connectivity index (χ3n) is 5.53. The molecule has 4 rings (SSSR count). The number of ether oxygens (including phenoxy) is 2. The summed E-state index contributed by atoms with van der Waals surface area (Å²) in [4.78, 5) is 20.1. The van der Waals surface area contributed by atoms with Crippen LogP contribution in [-0.2, 0) is 22.4 Å². The lowest BCUT2D eigenvalue weighted by Crippen LogP contribution is -2.23. The molecule has 2 atom stereocenters. The molecule has 0 amide bonds. The second-order valence-corrected chi connectivity index (χ2v) is 8.23. The summed E-state index contributed by atoms with van der Waals surface area (Å²) in [6.07, 6.45) is 2.98. The van der Waals surface area contributed by atoms with Gasteiger partial charge in [-0.25, -0.2) is 4.98 Å². The predicted molar refractivity (Wildman–Crippen MR) is 130 cm³/mol. The van der Waals surface area contributed by atoms with Gasteiger partial charge < -0.3 is 19.8 Å². The maximum absolute atomic E-state index is 12.4. The normalized spacial score (nSPS) is 12.8. The third-order valence-corrected chi connectivity index (χ3v) is 5.53. The van der Waals surface area contributed by atoms with Gasteiger partial charge in [-0.15, -0.1) is 0 Å². The number of methoxy groups -OCH3 is 1. The quantitative estimate of drug-likeness (QED) is 0.337. The van der Waals surface area contributed by atoms with Gasteiger partial charge in [0, 0.05) is 29.2 Å². The first-order valence-electron chi connectivity index (χ1n) is 11.1. The number of benzene rings is 2. The minimum atomic E-state index is -0.250. The number of rotatable bonds is 10. The van der Waals surface area contributed by atoms with Crippen LogP contribution < -0.4 is 10.1 Å². The molecule has 170 valence electrons. The molecular weight excluding hydrogens is 414 g/mol. The number of aromatic nitrogens is 2. The number of nitrogens with one attached hydrogen (secondary N) is 2. The maximum atomic E-state index is 12.4. The Kier molecular flexibility index (Phi) is 7.25. The van der Waals surface area contributed by atoms with Crippen LogP contribution in [0.4, 0.5) is 5.82 Å². The lowest BCUT2D eigenvalue weighted by molar-refractivity contribution is -0.145. The largest absolute Gasteiger partial charge is 0.491 e. The van der Waals surface area contributed by atoms with Gasteiger partial charge in [0.1, 0.15) is 18.2 Å². The second-order valence-electron chi connectivity index (χ2n) is 8.23. The molecule has 4 aromatic rings. The number of hydrogen-bond acceptors (Lipinski definition) is 5. The summed E-state index contributed by atoms with van der Waals surface area (Å²) in [5, 5.41) is 4.38. The van der Waals surface area contributed by atoms with Crippen molar-refractivity contribution in [2.24, 2.45) is 5.92 Å². The number of fused-ring (bicyclic) bond motifs is 1. The van der Waals surface area contributed by atoms with E-state index in [9.17, 15) is 4.79 Å². The zero-order valence-corrected chi connectivity index (χ0v) is 19.0. The van der Waals surface area contributed by atoms with Gasteiger partial charge in [0.25, 0.3) is 0 Å². The van der Waals surface area contributed by atoms with E-state index >= 15 is 0 Å². The monoisotopic (exact) mass is 443 g/mol. The number of esters is 1. The Labute approximate surface area is 194 Å². The molecule has 0 saturated heterocycles. The molecule has 0 saturated carbocycles. The van der Waals surface area contributed by atoms with Crippen LogP contribution in [0.5, 0.6) is 5.75 Å². The van der Waals surface area contributed by atoms with E-state index < -0.39 is 0 Å². The fourth-order valence-electron chi connectivity index (χ4n) is 3.90. The van der Waals surface area contributed by atoms with Crippen LogP contribution in [0.2, 0.25) is 0 Å². The lowest BCUT2D eigenvalue weighted by atomic mass is 9.95. The van der Waals surface area contributed by atoms with Crippen LogP contribution in [0.15, 0.2) is 79.0 Å². The highest BCUT2D eigenvalue weighted by atomic mass is 16.5. The highest BCUT2D eigenvalue weighted by Gasteiger charge is 2.21. The van der Waals surface area contributed by atoms with E-state index in [0.29, 0.717) is 19.4 Å². The summed E-state index contributed by atoms with van der Waals surface area (Å²) in [7, 11) is 1.44. The van der Waals surface area contributed by atoms with E-state index in [-0.39, 0.29) is 17.9 Å². The van der Waals surface area contributed by atoms with E-state index in [2.05, 4.69) is 28.3 Å². The molecule has 0 aliphatic carbocycles. The van der Waals surface area contributed by atoms with Crippen LogP contribution in [0.3, 0.4) is 0 Å². The fourth-order valence-corrected chi connectivity index (χ4v) is 3.90. The van der Waals surface area contributed by atoms with Crippen LogP contribution in [0, 0.1) is 5.92 Å². The smallest absolute Gasteiger partial charge is 0.309 e. The number of aromatic amines is 1. The summed E-state index contributed by atoms with van der Waals surface area (Å²) in [5.74, 6) is 1.18. The van der Waals surface area contributed by atoms with Gasteiger partial charge in [-0.1, -0.05) is 36.4 Å². The average Bonchev–Trinajstić information content (AvgIpc) is 3.25. The van der Waals surface area contributed by atoms with Crippen molar-refractivity contribution in [2.45, 2.75) is 25.8 Å². The van der Waals surface area contributed by atoms with Crippen molar-refractivity contribution in [3.63, 3.8) is 0 Å². The Hall–Kier alpha value is -3.80. The van der Waals surface area contributed by atoms with Gasteiger partial charge in [0.2, 0.25) is 0 Å². The molecule has 2 aromatic carbocycles. The second kappa shape index (κ2) is 10.7. The van der Waals surface area contributed by atoms with Crippen molar-refractivity contribution >= 4 is 22.7 Å². The van der Waals surface area contributed by atoms with E-state index in [4.69, 9.17) is 9.47 Å². The first-order valence-corrected chi connectivity index (χ1v) is 11.1. The summed E-state index contributed by atoms with van der Waals surface area (Å²) >= 11 is 0. The predicted octanol–water partition coefficient (Wildman–Crippen LogP) is 5.02. The summed E-state index contributed by atoms with van der Waals surface area (Å²) in [6, 6.07) is 24.0. The minimum absolute atomic E-state index is 0.108. The average molecular weight is 444 g/mol. The van der Waals surface area contributed by atoms with E-state index in [1.54, 1.807) is 6.20 Å². The minimum Gasteiger partial charge on any atom is -0.491 e. The molecule has 2 heterocycles. The number of hydrogen-bond donors (Lipinski definition) is 2. The van der Waals surface area contributed by atoms with Gasteiger partial charge in [0.15, 0.2) is 0 Å². The highest BCUT2D eigenvalue weighted by molar-refractivity contribution is 5.82. The van der Waals surface area contributed by atoms with Crippen molar-refractivity contribution in [2.75, 3.05) is 19.0 Å². The van der Waals surface area contributed by atoms with E-state index in [0.717, 1.165) is 33.7 Å². The number of carbonyl (C=O) groups excluding carboxylic acids is 1. The number of pyridine rings is 1. The van der Waals surface area contributed by atoms with Gasteiger partial charge in [-0.3, -0.25) is 4.79 Å². The van der Waals surface area contributed by atoms with Crippen LogP contribution >= 0.6 is 0 Å². The molecule has 0 aliphatic rings. The van der Waals surface area contributed by atoms with Crippen LogP contribution in [-0.4, -0.2) is 35.7 Å². The Bertz CT molecular complexity index is 1180. The Morgan fingerprint density at radius 2 is 1.85 bits per heavy atom. The van der Waals surface area contributed by atoms with Gasteiger partial charge in [0.05, 0.1) is 19.1 Å². The molecule has 2 aromatic heterocycles. The van der Waals surface area contributed by atoms with Crippen molar-refractivity contribution in [3.8, 4) is 5.75 Å². The van der Waals surface area contributed by atoms with E-state index in [1.807, 2.05) is 66.7 Å². The molecule has 0 aliphatic heterocycles. The van der Waals surface area contributed by atoms with Gasteiger partial charge in [-0.2, -0.15) is 0 Å². The van der Waals surface area contributed by atoms with Crippen molar-refractivity contribution in [1.82, 2.24) is 9.97 Å². The molecule has 2 N–H and O–H groups in total. The standard InChI is InChI=1S/C27H29N3O3/c1-19(29-26-10-6-7-13-28-26)18-33-24-11-12-25-21(17-24)15-23(30-25)16-22(27(31)32-2)14-20-8-4-3-5-9-20/h3-13,15,17,19,22,30H,14,16,18H2,1-2H3,(H,28,29). The molecule has 6 nitrogen and oxygen atoms in total. The first-order chi connectivity index (χ1) is 16.1. The molecule has 2 unspecified atom stereocenters. The molecule has 6 heteroatoms. The summed E-state index contributed by atoms with van der Waals surface area (Å²) in [5.41, 5.74) is 3.13. The van der Waals surface area contributed by atoms with Crippen molar-refractivity contribution in [3.05, 3.63) is 90.3 Å². The number of carbonyl (C=O) groups is 1. The molecule has 0 spiro atoms. The summed E-state index contributed by atoms with van der Waals surface area (Å²) in [6.45, 7) is 2.57. The summed E-state index contributed by atoms with van der Waals surface area (Å²) < 4.78 is 11.1. The fraction of sp³-hybridized carbons (Fsp3) is 0.259. The first kappa shape index (κ1) is 22.4. The Morgan fingerprint density at radius 1 is 1.03 bits per heavy atom. The third kappa shape index (κ3) is 6.13. The zero-order valence-electron chi connectivity index (χ0n) is 19.0. The van der Waals surface area contributed by atoms with Crippen LogP contribution in [0.1, 0.15) is 18.2 Å². The molecule has 0 bridgehead atoms. The zero-order chi connectivity index (χ0) is 23.0. The molecule has 0 fully saturated rings.